The summed E-state index contributed by atoms with van der Waals surface area (Å²) in [5, 5.41) is 9.66. The number of rotatable bonds is 6. The van der Waals surface area contributed by atoms with Gasteiger partial charge in [-0.1, -0.05) is 29.4 Å². The molecule has 8 heteroatoms. The van der Waals surface area contributed by atoms with E-state index in [2.05, 4.69) is 15.2 Å². The molecule has 0 N–H and O–H groups in total. The predicted molar refractivity (Wildman–Crippen MR) is 102 cm³/mol. The highest BCUT2D eigenvalue weighted by Gasteiger charge is 2.17. The van der Waals surface area contributed by atoms with E-state index in [1.807, 2.05) is 28.8 Å². The standard InChI is InChI=1S/C19H14ClFN4OS/c20-16-4-1-5-17(21)15(16)12-27-19-24-23-18(13-6-8-22-9-7-13)25(19)11-14-3-2-10-26-14/h1-10H,11-12H2. The van der Waals surface area contributed by atoms with Crippen molar-refractivity contribution in [2.45, 2.75) is 17.5 Å². The van der Waals surface area contributed by atoms with Gasteiger partial charge in [-0.05, 0) is 36.4 Å². The molecular formula is C19H14ClFN4OS. The fourth-order valence-corrected chi connectivity index (χ4v) is 3.90. The minimum absolute atomic E-state index is 0.332. The molecule has 0 saturated heterocycles. The van der Waals surface area contributed by atoms with Crippen molar-refractivity contribution in [3.63, 3.8) is 0 Å². The quantitative estimate of drug-likeness (QED) is 0.423. The minimum Gasteiger partial charge on any atom is -0.467 e. The van der Waals surface area contributed by atoms with Crippen LogP contribution in [0.4, 0.5) is 4.39 Å². The molecule has 0 spiro atoms. The number of aromatic nitrogens is 4. The van der Waals surface area contributed by atoms with Crippen LogP contribution >= 0.6 is 23.4 Å². The number of pyridine rings is 1. The van der Waals surface area contributed by atoms with E-state index in [9.17, 15) is 4.39 Å². The lowest BCUT2D eigenvalue weighted by Gasteiger charge is -2.09. The normalized spacial score (nSPS) is 11.0. The molecule has 0 aliphatic carbocycles. The second-order valence-electron chi connectivity index (χ2n) is 5.70. The van der Waals surface area contributed by atoms with E-state index in [4.69, 9.17) is 16.0 Å². The Hall–Kier alpha value is -2.64. The molecule has 4 rings (SSSR count). The zero-order chi connectivity index (χ0) is 18.6. The van der Waals surface area contributed by atoms with Gasteiger partial charge in [-0.3, -0.25) is 9.55 Å². The Labute approximate surface area is 164 Å². The van der Waals surface area contributed by atoms with Gasteiger partial charge in [0.05, 0.1) is 12.8 Å². The van der Waals surface area contributed by atoms with Crippen LogP contribution in [0.2, 0.25) is 5.02 Å². The number of halogens is 2. The van der Waals surface area contributed by atoms with Gasteiger partial charge in [0.2, 0.25) is 0 Å². The van der Waals surface area contributed by atoms with Gasteiger partial charge >= 0.3 is 0 Å². The first-order valence-corrected chi connectivity index (χ1v) is 9.50. The molecule has 0 amide bonds. The van der Waals surface area contributed by atoms with Crippen LogP contribution in [0, 0.1) is 5.82 Å². The lowest BCUT2D eigenvalue weighted by molar-refractivity contribution is 0.485. The zero-order valence-corrected chi connectivity index (χ0v) is 15.6. The fraction of sp³-hybridized carbons (Fsp3) is 0.105. The largest absolute Gasteiger partial charge is 0.467 e. The topological polar surface area (TPSA) is 56.7 Å². The Morgan fingerprint density at radius 2 is 1.93 bits per heavy atom. The van der Waals surface area contributed by atoms with Crippen LogP contribution in [-0.4, -0.2) is 19.7 Å². The Morgan fingerprint density at radius 1 is 1.07 bits per heavy atom. The average Bonchev–Trinajstić information content (AvgIpc) is 3.33. The van der Waals surface area contributed by atoms with Crippen LogP contribution in [0.5, 0.6) is 0 Å². The molecule has 0 fully saturated rings. The first-order valence-electron chi connectivity index (χ1n) is 8.14. The molecule has 1 aromatic carbocycles. The van der Waals surface area contributed by atoms with E-state index in [1.54, 1.807) is 30.8 Å². The molecule has 27 heavy (non-hydrogen) atoms. The minimum atomic E-state index is -0.332. The van der Waals surface area contributed by atoms with E-state index in [0.717, 1.165) is 11.3 Å². The van der Waals surface area contributed by atoms with Crippen LogP contribution in [0.15, 0.2) is 70.7 Å². The van der Waals surface area contributed by atoms with Crippen LogP contribution < -0.4 is 0 Å². The maximum Gasteiger partial charge on any atom is 0.192 e. The second-order valence-corrected chi connectivity index (χ2v) is 7.05. The van der Waals surface area contributed by atoms with Gasteiger partial charge in [-0.2, -0.15) is 0 Å². The molecule has 0 atom stereocenters. The molecule has 0 saturated carbocycles. The van der Waals surface area contributed by atoms with Crippen molar-refractivity contribution in [3.8, 4) is 11.4 Å². The van der Waals surface area contributed by atoms with Gasteiger partial charge in [0.25, 0.3) is 0 Å². The van der Waals surface area contributed by atoms with Crippen molar-refractivity contribution < 1.29 is 8.81 Å². The molecule has 0 bridgehead atoms. The third kappa shape index (κ3) is 3.89. The Bertz CT molecular complexity index is 1020. The molecule has 0 radical (unpaired) electrons. The van der Waals surface area contributed by atoms with Crippen LogP contribution in [0.25, 0.3) is 11.4 Å². The number of thioether (sulfide) groups is 1. The smallest absolute Gasteiger partial charge is 0.192 e. The molecular weight excluding hydrogens is 387 g/mol. The van der Waals surface area contributed by atoms with E-state index >= 15 is 0 Å². The third-order valence-corrected chi connectivity index (χ3v) is 5.30. The summed E-state index contributed by atoms with van der Waals surface area (Å²) in [6.07, 6.45) is 5.03. The Morgan fingerprint density at radius 3 is 2.67 bits per heavy atom. The van der Waals surface area contributed by atoms with Crippen LogP contribution in [-0.2, 0) is 12.3 Å². The van der Waals surface area contributed by atoms with Crippen LogP contribution in [0.3, 0.4) is 0 Å². The van der Waals surface area contributed by atoms with Crippen molar-refractivity contribution in [2.24, 2.45) is 0 Å². The monoisotopic (exact) mass is 400 g/mol. The third-order valence-electron chi connectivity index (χ3n) is 3.96. The SMILES string of the molecule is Fc1cccc(Cl)c1CSc1nnc(-c2ccncc2)n1Cc1ccco1. The van der Waals surface area contributed by atoms with E-state index in [0.29, 0.717) is 33.9 Å². The Kier molecular flexibility index (Phi) is 5.22. The molecule has 3 heterocycles. The summed E-state index contributed by atoms with van der Waals surface area (Å²) in [5.74, 6) is 1.48. The number of hydrogen-bond acceptors (Lipinski definition) is 5. The highest BCUT2D eigenvalue weighted by molar-refractivity contribution is 7.98. The van der Waals surface area contributed by atoms with Crippen molar-refractivity contribution in [2.75, 3.05) is 0 Å². The highest BCUT2D eigenvalue weighted by atomic mass is 35.5. The summed E-state index contributed by atoms with van der Waals surface area (Å²) in [6, 6.07) is 12.1. The molecule has 0 aliphatic rings. The van der Waals surface area contributed by atoms with E-state index < -0.39 is 0 Å². The summed E-state index contributed by atoms with van der Waals surface area (Å²) in [5.41, 5.74) is 1.34. The number of furan rings is 1. The molecule has 136 valence electrons. The van der Waals surface area contributed by atoms with Crippen LogP contribution in [0.1, 0.15) is 11.3 Å². The van der Waals surface area contributed by atoms with Gasteiger partial charge < -0.3 is 4.42 Å². The van der Waals surface area contributed by atoms with Gasteiger partial charge in [0.15, 0.2) is 11.0 Å². The first kappa shape index (κ1) is 17.8. The second kappa shape index (κ2) is 7.94. The average molecular weight is 401 g/mol. The maximum atomic E-state index is 14.1. The summed E-state index contributed by atoms with van der Waals surface area (Å²) >= 11 is 7.51. The van der Waals surface area contributed by atoms with Crippen molar-refractivity contribution in [1.82, 2.24) is 19.7 Å². The summed E-state index contributed by atoms with van der Waals surface area (Å²) in [7, 11) is 0. The molecule has 5 nitrogen and oxygen atoms in total. The first-order chi connectivity index (χ1) is 13.2. The molecule has 3 aromatic heterocycles. The lowest BCUT2D eigenvalue weighted by Crippen LogP contribution is -2.04. The highest BCUT2D eigenvalue weighted by Crippen LogP contribution is 2.30. The van der Waals surface area contributed by atoms with Gasteiger partial charge in [-0.15, -0.1) is 10.2 Å². The summed E-state index contributed by atoms with van der Waals surface area (Å²) in [4.78, 5) is 4.04. The number of hydrogen-bond donors (Lipinski definition) is 0. The van der Waals surface area contributed by atoms with Crippen molar-refractivity contribution in [1.29, 1.82) is 0 Å². The number of nitrogens with zero attached hydrogens (tertiary/aromatic N) is 4. The lowest BCUT2D eigenvalue weighted by atomic mass is 10.2. The molecule has 0 aliphatic heterocycles. The van der Waals surface area contributed by atoms with E-state index in [-0.39, 0.29) is 5.82 Å². The van der Waals surface area contributed by atoms with Gasteiger partial charge in [-0.25, -0.2) is 4.39 Å². The van der Waals surface area contributed by atoms with Crippen molar-refractivity contribution in [3.05, 3.63) is 83.3 Å². The predicted octanol–water partition coefficient (Wildman–Crippen LogP) is 5.07. The Balaban J connectivity index is 1.67. The molecule has 4 aromatic rings. The fourth-order valence-electron chi connectivity index (χ4n) is 2.62. The molecule has 0 unspecified atom stereocenters. The van der Waals surface area contributed by atoms with Gasteiger partial charge in [0.1, 0.15) is 11.6 Å². The van der Waals surface area contributed by atoms with Gasteiger partial charge in [0, 0.05) is 34.3 Å². The van der Waals surface area contributed by atoms with E-state index in [1.165, 1.54) is 17.8 Å². The summed E-state index contributed by atoms with van der Waals surface area (Å²) < 4.78 is 21.5. The summed E-state index contributed by atoms with van der Waals surface area (Å²) in [6.45, 7) is 0.463. The van der Waals surface area contributed by atoms with Crippen molar-refractivity contribution >= 4 is 23.4 Å². The zero-order valence-electron chi connectivity index (χ0n) is 14.0. The number of benzene rings is 1. The maximum absolute atomic E-state index is 14.1.